The minimum absolute atomic E-state index is 0.0977. The van der Waals surface area contributed by atoms with Crippen molar-refractivity contribution in [2.75, 3.05) is 11.1 Å². The minimum atomic E-state index is 0.0977. The maximum absolute atomic E-state index is 8.81. The average molecular weight is 272 g/mol. The van der Waals surface area contributed by atoms with Crippen LogP contribution in [-0.2, 0) is 6.42 Å². The molecule has 0 aliphatic rings. The van der Waals surface area contributed by atoms with Crippen molar-refractivity contribution < 1.29 is 0 Å². The number of anilines is 2. The van der Waals surface area contributed by atoms with Crippen LogP contribution in [0.5, 0.6) is 0 Å². The number of benzene rings is 1. The highest BCUT2D eigenvalue weighted by molar-refractivity contribution is 7.11. The van der Waals surface area contributed by atoms with E-state index in [1.54, 1.807) is 23.5 Å². The maximum atomic E-state index is 8.81. The molecular formula is C14H16N4S. The molecule has 0 aliphatic heterocycles. The number of nitrogens with one attached hydrogen (secondary N) is 1. The van der Waals surface area contributed by atoms with Gasteiger partial charge in [-0.3, -0.25) is 0 Å². The van der Waals surface area contributed by atoms with Crippen LogP contribution >= 0.6 is 11.3 Å². The van der Waals surface area contributed by atoms with Gasteiger partial charge in [0.05, 0.1) is 29.0 Å². The average Bonchev–Trinajstić information content (AvgIpc) is 2.90. The molecule has 0 radical (unpaired) electrons. The Kier molecular flexibility index (Phi) is 4.03. The number of nitrogen functional groups attached to an aromatic ring is 1. The van der Waals surface area contributed by atoms with Crippen molar-refractivity contribution >= 4 is 22.7 Å². The van der Waals surface area contributed by atoms with Gasteiger partial charge in [0, 0.05) is 11.1 Å². The van der Waals surface area contributed by atoms with E-state index in [0.29, 0.717) is 11.3 Å². The van der Waals surface area contributed by atoms with E-state index in [0.717, 1.165) is 17.1 Å². The molecule has 0 saturated carbocycles. The Morgan fingerprint density at radius 3 is 2.89 bits per heavy atom. The van der Waals surface area contributed by atoms with E-state index in [4.69, 9.17) is 11.0 Å². The Morgan fingerprint density at radius 1 is 1.53 bits per heavy atom. The van der Waals surface area contributed by atoms with Crippen LogP contribution in [0.15, 0.2) is 24.4 Å². The van der Waals surface area contributed by atoms with Crippen molar-refractivity contribution in [1.29, 1.82) is 5.26 Å². The van der Waals surface area contributed by atoms with Gasteiger partial charge in [-0.05, 0) is 31.5 Å². The fourth-order valence-corrected chi connectivity index (χ4v) is 2.60. The lowest BCUT2D eigenvalue weighted by Gasteiger charge is -2.14. The second-order valence-electron chi connectivity index (χ2n) is 4.30. The third kappa shape index (κ3) is 3.04. The van der Waals surface area contributed by atoms with Crippen LogP contribution in [0.25, 0.3) is 0 Å². The lowest BCUT2D eigenvalue weighted by atomic mass is 10.2. The first-order valence-corrected chi connectivity index (χ1v) is 6.96. The minimum Gasteiger partial charge on any atom is -0.397 e. The molecule has 98 valence electrons. The highest BCUT2D eigenvalue weighted by atomic mass is 32.1. The third-order valence-electron chi connectivity index (χ3n) is 2.84. The van der Waals surface area contributed by atoms with Crippen LogP contribution in [0.3, 0.4) is 0 Å². The zero-order valence-electron chi connectivity index (χ0n) is 11.0. The zero-order valence-corrected chi connectivity index (χ0v) is 11.8. The van der Waals surface area contributed by atoms with Crippen molar-refractivity contribution in [3.63, 3.8) is 0 Å². The second kappa shape index (κ2) is 5.72. The molecule has 19 heavy (non-hydrogen) atoms. The summed E-state index contributed by atoms with van der Waals surface area (Å²) in [7, 11) is 0. The quantitative estimate of drug-likeness (QED) is 0.837. The third-order valence-corrected chi connectivity index (χ3v) is 4.17. The molecule has 1 unspecified atom stereocenters. The van der Waals surface area contributed by atoms with E-state index in [2.05, 4.69) is 30.2 Å². The van der Waals surface area contributed by atoms with Crippen LogP contribution in [0.4, 0.5) is 11.4 Å². The maximum Gasteiger partial charge on any atom is 0.115 e. The van der Waals surface area contributed by atoms with E-state index in [1.807, 2.05) is 12.3 Å². The Balaban J connectivity index is 2.14. The van der Waals surface area contributed by atoms with Gasteiger partial charge in [0.2, 0.25) is 0 Å². The number of nitrogens with zero attached hydrogens (tertiary/aromatic N) is 2. The van der Waals surface area contributed by atoms with Crippen molar-refractivity contribution in [2.45, 2.75) is 26.3 Å². The molecular weight excluding hydrogens is 256 g/mol. The Hall–Kier alpha value is -2.06. The van der Waals surface area contributed by atoms with Gasteiger partial charge in [0.15, 0.2) is 0 Å². The number of aromatic nitrogens is 1. The Labute approximate surface area is 116 Å². The largest absolute Gasteiger partial charge is 0.397 e. The van der Waals surface area contributed by atoms with E-state index in [9.17, 15) is 0 Å². The Bertz CT molecular complexity index is 612. The fourth-order valence-electron chi connectivity index (χ4n) is 1.74. The molecule has 0 saturated heterocycles. The van der Waals surface area contributed by atoms with Crippen molar-refractivity contribution in [1.82, 2.24) is 4.98 Å². The number of nitrogens with two attached hydrogens (primary N) is 1. The standard InChI is InChI=1S/C14H16N4S/c1-3-11-8-17-14(19-11)9(2)18-13-5-4-10(7-15)6-12(13)16/h4-6,8-9,18H,3,16H2,1-2H3. The number of nitriles is 1. The molecule has 2 rings (SSSR count). The Morgan fingerprint density at radius 2 is 2.32 bits per heavy atom. The van der Waals surface area contributed by atoms with Gasteiger partial charge in [-0.2, -0.15) is 5.26 Å². The van der Waals surface area contributed by atoms with Gasteiger partial charge in [-0.15, -0.1) is 11.3 Å². The first kappa shape index (κ1) is 13.4. The molecule has 0 aliphatic carbocycles. The van der Waals surface area contributed by atoms with E-state index in [-0.39, 0.29) is 6.04 Å². The summed E-state index contributed by atoms with van der Waals surface area (Å²) in [4.78, 5) is 5.68. The SMILES string of the molecule is CCc1cnc(C(C)Nc2ccc(C#N)cc2N)s1. The molecule has 1 atom stereocenters. The molecule has 3 N–H and O–H groups in total. The first-order chi connectivity index (χ1) is 9.13. The molecule has 1 aromatic heterocycles. The predicted molar refractivity (Wildman–Crippen MR) is 79.1 cm³/mol. The van der Waals surface area contributed by atoms with Crippen LogP contribution < -0.4 is 11.1 Å². The van der Waals surface area contributed by atoms with Crippen LogP contribution in [0, 0.1) is 11.3 Å². The van der Waals surface area contributed by atoms with E-state index < -0.39 is 0 Å². The highest BCUT2D eigenvalue weighted by Gasteiger charge is 2.11. The summed E-state index contributed by atoms with van der Waals surface area (Å²) in [6.45, 7) is 4.17. The topological polar surface area (TPSA) is 74.7 Å². The molecule has 2 aromatic rings. The van der Waals surface area contributed by atoms with Crippen molar-refractivity contribution in [3.05, 3.63) is 39.8 Å². The van der Waals surface area contributed by atoms with Crippen molar-refractivity contribution in [2.24, 2.45) is 0 Å². The van der Waals surface area contributed by atoms with Gasteiger partial charge in [-0.1, -0.05) is 6.92 Å². The number of thiazole rings is 1. The highest BCUT2D eigenvalue weighted by Crippen LogP contribution is 2.27. The number of hydrogen-bond acceptors (Lipinski definition) is 5. The summed E-state index contributed by atoms with van der Waals surface area (Å²) in [5, 5.41) is 13.2. The van der Waals surface area contributed by atoms with Crippen LogP contribution in [-0.4, -0.2) is 4.98 Å². The van der Waals surface area contributed by atoms with Gasteiger partial charge < -0.3 is 11.1 Å². The van der Waals surface area contributed by atoms with E-state index >= 15 is 0 Å². The normalized spacial score (nSPS) is 11.8. The molecule has 5 heteroatoms. The number of rotatable bonds is 4. The van der Waals surface area contributed by atoms with Gasteiger partial charge in [0.25, 0.3) is 0 Å². The summed E-state index contributed by atoms with van der Waals surface area (Å²) in [5.41, 5.74) is 7.91. The summed E-state index contributed by atoms with van der Waals surface area (Å²) < 4.78 is 0. The molecule has 0 spiro atoms. The smallest absolute Gasteiger partial charge is 0.115 e. The molecule has 4 nitrogen and oxygen atoms in total. The van der Waals surface area contributed by atoms with Crippen LogP contribution in [0.2, 0.25) is 0 Å². The van der Waals surface area contributed by atoms with Crippen LogP contribution in [0.1, 0.15) is 35.3 Å². The number of hydrogen-bond donors (Lipinski definition) is 2. The van der Waals surface area contributed by atoms with Gasteiger partial charge in [0.1, 0.15) is 5.01 Å². The fraction of sp³-hybridized carbons (Fsp3) is 0.286. The lowest BCUT2D eigenvalue weighted by molar-refractivity contribution is 0.870. The molecule has 0 amide bonds. The van der Waals surface area contributed by atoms with Gasteiger partial charge in [-0.25, -0.2) is 4.98 Å². The molecule has 1 aromatic carbocycles. The summed E-state index contributed by atoms with van der Waals surface area (Å²) in [6, 6.07) is 7.43. The summed E-state index contributed by atoms with van der Waals surface area (Å²) in [5.74, 6) is 0. The zero-order chi connectivity index (χ0) is 13.8. The first-order valence-electron chi connectivity index (χ1n) is 6.14. The second-order valence-corrected chi connectivity index (χ2v) is 5.45. The van der Waals surface area contributed by atoms with Gasteiger partial charge >= 0.3 is 0 Å². The van der Waals surface area contributed by atoms with E-state index in [1.165, 1.54) is 4.88 Å². The number of aryl methyl sites for hydroxylation is 1. The molecule has 0 fully saturated rings. The van der Waals surface area contributed by atoms with Crippen molar-refractivity contribution in [3.8, 4) is 6.07 Å². The molecule has 1 heterocycles. The molecule has 0 bridgehead atoms. The summed E-state index contributed by atoms with van der Waals surface area (Å²) >= 11 is 1.71. The summed E-state index contributed by atoms with van der Waals surface area (Å²) in [6.07, 6.45) is 2.92. The predicted octanol–water partition coefficient (Wildman–Crippen LogP) is 3.33. The lowest BCUT2D eigenvalue weighted by Crippen LogP contribution is -2.08. The monoisotopic (exact) mass is 272 g/mol.